The van der Waals surface area contributed by atoms with Crippen LogP contribution in [-0.4, -0.2) is 22.5 Å². The highest BCUT2D eigenvalue weighted by Crippen LogP contribution is 2.24. The Balaban J connectivity index is 2.44. The third-order valence-corrected chi connectivity index (χ3v) is 3.25. The van der Waals surface area contributed by atoms with Gasteiger partial charge in [-0.2, -0.15) is 0 Å². The van der Waals surface area contributed by atoms with Crippen molar-refractivity contribution in [2.45, 2.75) is 40.0 Å². The molecule has 1 aromatic carbocycles. The number of imidazole rings is 1. The number of aromatic nitrogens is 2. The van der Waals surface area contributed by atoms with Crippen molar-refractivity contribution in [1.29, 1.82) is 0 Å². The van der Waals surface area contributed by atoms with Crippen molar-refractivity contribution in [3.63, 3.8) is 0 Å². The van der Waals surface area contributed by atoms with Gasteiger partial charge in [0.25, 0.3) is 0 Å². The lowest BCUT2D eigenvalue weighted by Crippen LogP contribution is -2.16. The first-order chi connectivity index (χ1) is 9.06. The van der Waals surface area contributed by atoms with Crippen molar-refractivity contribution < 1.29 is 9.53 Å². The maximum atomic E-state index is 11.9. The van der Waals surface area contributed by atoms with E-state index in [9.17, 15) is 4.79 Å². The quantitative estimate of drug-likeness (QED) is 0.859. The zero-order chi connectivity index (χ0) is 14.0. The zero-order valence-corrected chi connectivity index (χ0v) is 11.9. The van der Waals surface area contributed by atoms with E-state index in [1.807, 2.05) is 20.8 Å². The van der Waals surface area contributed by atoms with Crippen molar-refractivity contribution in [1.82, 2.24) is 9.97 Å². The zero-order valence-electron chi connectivity index (χ0n) is 11.9. The molecule has 19 heavy (non-hydrogen) atoms. The summed E-state index contributed by atoms with van der Waals surface area (Å²) in [4.78, 5) is 19.7. The van der Waals surface area contributed by atoms with Crippen LogP contribution in [0, 0.1) is 13.8 Å². The van der Waals surface area contributed by atoms with E-state index in [-0.39, 0.29) is 11.9 Å². The highest BCUT2D eigenvalue weighted by molar-refractivity contribution is 5.82. The predicted octanol–water partition coefficient (Wildman–Crippen LogP) is 3.24. The largest absolute Gasteiger partial charge is 0.465 e. The number of aryl methyl sites for hydroxylation is 2. The molecule has 0 amide bonds. The van der Waals surface area contributed by atoms with Crippen LogP contribution in [0.5, 0.6) is 0 Å². The van der Waals surface area contributed by atoms with Crippen molar-refractivity contribution in [2.24, 2.45) is 0 Å². The molecule has 2 aromatic rings. The molecule has 0 saturated carbocycles. The van der Waals surface area contributed by atoms with Gasteiger partial charge >= 0.3 is 5.97 Å². The van der Waals surface area contributed by atoms with Gasteiger partial charge in [0.15, 0.2) is 0 Å². The summed E-state index contributed by atoms with van der Waals surface area (Å²) in [6.07, 6.45) is 0.677. The Hall–Kier alpha value is -1.84. The normalized spacial score (nSPS) is 12.6. The number of aromatic amines is 1. The van der Waals surface area contributed by atoms with Gasteiger partial charge in [0.05, 0.1) is 17.6 Å². The first-order valence-corrected chi connectivity index (χ1v) is 6.70. The van der Waals surface area contributed by atoms with Gasteiger partial charge < -0.3 is 9.72 Å². The molecule has 1 aromatic heterocycles. The first kappa shape index (κ1) is 13.6. The van der Waals surface area contributed by atoms with Gasteiger partial charge in [0.2, 0.25) is 0 Å². The van der Waals surface area contributed by atoms with Crippen LogP contribution in [0.2, 0.25) is 0 Å². The number of carbonyl (C=O) groups is 1. The highest BCUT2D eigenvalue weighted by atomic mass is 16.5. The molecule has 1 atom stereocenters. The summed E-state index contributed by atoms with van der Waals surface area (Å²) in [5, 5.41) is 0. The van der Waals surface area contributed by atoms with Crippen molar-refractivity contribution in [3.8, 4) is 0 Å². The molecule has 1 heterocycles. The number of nitrogens with one attached hydrogen (secondary N) is 1. The molecule has 1 N–H and O–H groups in total. The van der Waals surface area contributed by atoms with Crippen LogP contribution < -0.4 is 0 Å². The molecule has 0 spiro atoms. The van der Waals surface area contributed by atoms with Crippen LogP contribution in [0.3, 0.4) is 0 Å². The van der Waals surface area contributed by atoms with Crippen LogP contribution in [0.1, 0.15) is 43.1 Å². The van der Waals surface area contributed by atoms with Crippen molar-refractivity contribution in [2.75, 3.05) is 6.61 Å². The minimum Gasteiger partial charge on any atom is -0.465 e. The van der Waals surface area contributed by atoms with Gasteiger partial charge in [-0.25, -0.2) is 4.98 Å². The number of hydrogen-bond acceptors (Lipinski definition) is 3. The van der Waals surface area contributed by atoms with Crippen molar-refractivity contribution >= 4 is 17.0 Å². The maximum Gasteiger partial charge on any atom is 0.316 e. The number of ether oxygens (including phenoxy) is 1. The third kappa shape index (κ3) is 2.62. The molecule has 0 saturated heterocycles. The van der Waals surface area contributed by atoms with E-state index in [2.05, 4.69) is 29.0 Å². The summed E-state index contributed by atoms with van der Waals surface area (Å²) in [6.45, 7) is 8.26. The number of nitrogens with zero attached hydrogens (tertiary/aromatic N) is 1. The molecule has 102 valence electrons. The van der Waals surface area contributed by atoms with Gasteiger partial charge in [-0.1, -0.05) is 13.0 Å². The average molecular weight is 260 g/mol. The second-order valence-corrected chi connectivity index (χ2v) is 4.81. The molecule has 1 unspecified atom stereocenters. The molecule has 2 rings (SSSR count). The highest BCUT2D eigenvalue weighted by Gasteiger charge is 2.23. The molecule has 0 fully saturated rings. The fraction of sp³-hybridized carbons (Fsp3) is 0.467. The van der Waals surface area contributed by atoms with Gasteiger partial charge in [-0.05, 0) is 44.4 Å². The Kier molecular flexibility index (Phi) is 3.88. The summed E-state index contributed by atoms with van der Waals surface area (Å²) in [6, 6.07) is 4.15. The smallest absolute Gasteiger partial charge is 0.316 e. The van der Waals surface area contributed by atoms with Crippen LogP contribution in [0.25, 0.3) is 11.0 Å². The number of esters is 1. The van der Waals surface area contributed by atoms with Crippen LogP contribution in [0.4, 0.5) is 0 Å². The summed E-state index contributed by atoms with van der Waals surface area (Å²) in [5.41, 5.74) is 4.22. The predicted molar refractivity (Wildman–Crippen MR) is 75.2 cm³/mol. The van der Waals surface area contributed by atoms with Gasteiger partial charge in [0, 0.05) is 0 Å². The number of hydrogen-bond donors (Lipinski definition) is 1. The summed E-state index contributed by atoms with van der Waals surface area (Å²) >= 11 is 0. The number of H-pyrrole nitrogens is 1. The monoisotopic (exact) mass is 260 g/mol. The Labute approximate surface area is 113 Å². The molecular formula is C15H20N2O2. The summed E-state index contributed by atoms with van der Waals surface area (Å²) in [5.74, 6) is 0.176. The first-order valence-electron chi connectivity index (χ1n) is 6.70. The van der Waals surface area contributed by atoms with E-state index in [1.54, 1.807) is 0 Å². The molecule has 4 heteroatoms. The van der Waals surface area contributed by atoms with Crippen LogP contribution in [-0.2, 0) is 9.53 Å². The number of carbonyl (C=O) groups excluding carboxylic acids is 1. The fourth-order valence-electron chi connectivity index (χ4n) is 2.37. The number of rotatable bonds is 4. The molecule has 0 aliphatic carbocycles. The molecule has 4 nitrogen and oxygen atoms in total. The van der Waals surface area contributed by atoms with E-state index in [1.165, 1.54) is 5.56 Å². The second-order valence-electron chi connectivity index (χ2n) is 4.81. The third-order valence-electron chi connectivity index (χ3n) is 3.25. The number of benzene rings is 1. The van der Waals surface area contributed by atoms with E-state index < -0.39 is 0 Å². The van der Waals surface area contributed by atoms with Crippen LogP contribution >= 0.6 is 0 Å². The van der Waals surface area contributed by atoms with Gasteiger partial charge in [-0.3, -0.25) is 4.79 Å². The Morgan fingerprint density at radius 1 is 1.37 bits per heavy atom. The fourth-order valence-corrected chi connectivity index (χ4v) is 2.37. The molecule has 0 bridgehead atoms. The Bertz CT molecular complexity index is 601. The van der Waals surface area contributed by atoms with E-state index in [0.717, 1.165) is 16.6 Å². The minimum atomic E-state index is -0.313. The summed E-state index contributed by atoms with van der Waals surface area (Å²) in [7, 11) is 0. The Morgan fingerprint density at radius 3 is 2.74 bits per heavy atom. The SMILES string of the molecule is CCOC(=O)C(CC)c1nc2c(C)cc(C)cc2[nH]1. The number of fused-ring (bicyclic) bond motifs is 1. The van der Waals surface area contributed by atoms with Crippen LogP contribution in [0.15, 0.2) is 12.1 Å². The standard InChI is InChI=1S/C15H20N2O2/c1-5-11(15(18)19-6-2)14-16-12-8-9(3)7-10(4)13(12)17-14/h7-8,11H,5-6H2,1-4H3,(H,16,17). The van der Waals surface area contributed by atoms with Gasteiger partial charge in [0.1, 0.15) is 11.7 Å². The molecule has 0 radical (unpaired) electrons. The Morgan fingerprint density at radius 2 is 2.11 bits per heavy atom. The van der Waals surface area contributed by atoms with Crippen molar-refractivity contribution in [3.05, 3.63) is 29.1 Å². The molecule has 0 aliphatic heterocycles. The minimum absolute atomic E-state index is 0.210. The maximum absolute atomic E-state index is 11.9. The lowest BCUT2D eigenvalue weighted by Gasteiger charge is -2.10. The molecule has 0 aliphatic rings. The molecular weight excluding hydrogens is 240 g/mol. The van der Waals surface area contributed by atoms with Gasteiger partial charge in [-0.15, -0.1) is 0 Å². The lowest BCUT2D eigenvalue weighted by molar-refractivity contribution is -0.145. The second kappa shape index (κ2) is 5.43. The summed E-state index contributed by atoms with van der Waals surface area (Å²) < 4.78 is 5.10. The lowest BCUT2D eigenvalue weighted by atomic mass is 10.1. The topological polar surface area (TPSA) is 55.0 Å². The van der Waals surface area contributed by atoms with E-state index in [0.29, 0.717) is 18.9 Å². The van der Waals surface area contributed by atoms with E-state index in [4.69, 9.17) is 4.74 Å². The average Bonchev–Trinajstić information content (AvgIpc) is 2.74. The van der Waals surface area contributed by atoms with E-state index >= 15 is 0 Å².